The van der Waals surface area contributed by atoms with Crippen LogP contribution in [0.1, 0.15) is 30.8 Å². The zero-order chi connectivity index (χ0) is 16.1. The number of nitrogens with one attached hydrogen (secondary N) is 1. The monoisotopic (exact) mass is 309 g/mol. The van der Waals surface area contributed by atoms with Gasteiger partial charge < -0.3 is 14.8 Å². The van der Waals surface area contributed by atoms with Crippen molar-refractivity contribution in [2.45, 2.75) is 31.9 Å². The lowest BCUT2D eigenvalue weighted by Crippen LogP contribution is -2.35. The summed E-state index contributed by atoms with van der Waals surface area (Å²) in [5.74, 6) is -2.02. The summed E-state index contributed by atoms with van der Waals surface area (Å²) in [5.41, 5.74) is -0.00344. The third kappa shape index (κ3) is 4.14. The molecule has 118 valence electrons. The van der Waals surface area contributed by atoms with Gasteiger partial charge in [-0.3, -0.25) is 4.79 Å². The van der Waals surface area contributed by atoms with Crippen LogP contribution >= 0.6 is 0 Å². The smallest absolute Gasteiger partial charge is 0.224 e. The van der Waals surface area contributed by atoms with E-state index in [1.807, 2.05) is 0 Å². The van der Waals surface area contributed by atoms with Crippen molar-refractivity contribution in [3.8, 4) is 0 Å². The fourth-order valence-electron chi connectivity index (χ4n) is 2.17. The summed E-state index contributed by atoms with van der Waals surface area (Å²) in [4.78, 5) is 11.8. The second-order valence-corrected chi connectivity index (χ2v) is 5.13. The van der Waals surface area contributed by atoms with Gasteiger partial charge in [-0.05, 0) is 25.1 Å². The molecule has 0 spiro atoms. The fraction of sp³-hybridized carbons (Fsp3) is 0.312. The quantitative estimate of drug-likeness (QED) is 0.862. The second kappa shape index (κ2) is 7.17. The number of benzene rings is 1. The molecule has 0 radical (unpaired) electrons. The highest BCUT2D eigenvalue weighted by Gasteiger charge is 2.17. The normalized spacial score (nSPS) is 13.6. The molecule has 2 N–H and O–H groups in total. The molecule has 1 aromatic heterocycles. The molecule has 2 rings (SSSR count). The van der Waals surface area contributed by atoms with Crippen LogP contribution in [0.25, 0.3) is 0 Å². The standard InChI is InChI=1S/C16H17F2NO3/c1-10(8-13(20)14-6-3-7-22-14)19-15(21)9-11-4-2-5-12(17)16(11)18/h2-7,10,13,20H,8-9H2,1H3,(H,19,21). The molecule has 22 heavy (non-hydrogen) atoms. The van der Waals surface area contributed by atoms with Gasteiger partial charge in [0.25, 0.3) is 0 Å². The van der Waals surface area contributed by atoms with Crippen molar-refractivity contribution in [2.75, 3.05) is 0 Å². The predicted molar refractivity (Wildman–Crippen MR) is 76.0 cm³/mol. The van der Waals surface area contributed by atoms with Crippen LogP contribution in [0.3, 0.4) is 0 Å². The van der Waals surface area contributed by atoms with Crippen LogP contribution < -0.4 is 5.32 Å². The average molecular weight is 309 g/mol. The molecule has 0 aliphatic carbocycles. The van der Waals surface area contributed by atoms with Gasteiger partial charge in [-0.15, -0.1) is 0 Å². The molecule has 0 fully saturated rings. The van der Waals surface area contributed by atoms with E-state index in [-0.39, 0.29) is 24.4 Å². The van der Waals surface area contributed by atoms with Gasteiger partial charge in [-0.25, -0.2) is 8.78 Å². The molecule has 4 nitrogen and oxygen atoms in total. The predicted octanol–water partition coefficient (Wildman–Crippen LogP) is 2.73. The molecule has 1 aromatic carbocycles. The number of furan rings is 1. The first-order chi connectivity index (χ1) is 10.5. The van der Waals surface area contributed by atoms with Crippen molar-refractivity contribution in [2.24, 2.45) is 0 Å². The van der Waals surface area contributed by atoms with Crippen molar-refractivity contribution in [3.63, 3.8) is 0 Å². The van der Waals surface area contributed by atoms with E-state index in [0.29, 0.717) is 5.76 Å². The molecular weight excluding hydrogens is 292 g/mol. The van der Waals surface area contributed by atoms with Gasteiger partial charge in [0.05, 0.1) is 12.7 Å². The Morgan fingerprint density at radius 2 is 2.09 bits per heavy atom. The van der Waals surface area contributed by atoms with E-state index in [1.165, 1.54) is 18.4 Å². The molecule has 6 heteroatoms. The summed E-state index contributed by atoms with van der Waals surface area (Å²) in [5, 5.41) is 12.5. The highest BCUT2D eigenvalue weighted by atomic mass is 19.2. The molecular formula is C16H17F2NO3. The Balaban J connectivity index is 1.87. The number of hydrogen-bond donors (Lipinski definition) is 2. The van der Waals surface area contributed by atoms with Crippen molar-refractivity contribution in [1.29, 1.82) is 0 Å². The van der Waals surface area contributed by atoms with Crippen LogP contribution in [0.2, 0.25) is 0 Å². The number of halogens is 2. The van der Waals surface area contributed by atoms with E-state index in [4.69, 9.17) is 4.42 Å². The number of carbonyl (C=O) groups is 1. The minimum Gasteiger partial charge on any atom is -0.467 e. The van der Waals surface area contributed by atoms with E-state index in [1.54, 1.807) is 19.1 Å². The molecule has 0 aliphatic rings. The first kappa shape index (κ1) is 16.2. The molecule has 1 amide bonds. The molecule has 2 atom stereocenters. The summed E-state index contributed by atoms with van der Waals surface area (Å²) >= 11 is 0. The molecule has 0 bridgehead atoms. The Kier molecular flexibility index (Phi) is 5.27. The van der Waals surface area contributed by atoms with Crippen molar-refractivity contribution >= 4 is 5.91 Å². The minimum atomic E-state index is -1.01. The minimum absolute atomic E-state index is 0.00344. The van der Waals surface area contributed by atoms with Crippen LogP contribution in [0.4, 0.5) is 8.78 Å². The molecule has 1 heterocycles. The van der Waals surface area contributed by atoms with Crippen molar-refractivity contribution in [1.82, 2.24) is 5.32 Å². The first-order valence-corrected chi connectivity index (χ1v) is 6.91. The highest BCUT2D eigenvalue weighted by molar-refractivity contribution is 5.78. The number of hydrogen-bond acceptors (Lipinski definition) is 3. The summed E-state index contributed by atoms with van der Waals surface area (Å²) in [6.45, 7) is 1.71. The maximum Gasteiger partial charge on any atom is 0.224 e. The summed E-state index contributed by atoms with van der Waals surface area (Å²) in [6.07, 6.45) is 0.612. The molecule has 0 saturated heterocycles. The third-order valence-corrected chi connectivity index (χ3v) is 3.24. The summed E-state index contributed by atoms with van der Waals surface area (Å²) in [6, 6.07) is 6.67. The Bertz CT molecular complexity index is 628. The largest absolute Gasteiger partial charge is 0.467 e. The lowest BCUT2D eigenvalue weighted by atomic mass is 10.1. The second-order valence-electron chi connectivity index (χ2n) is 5.13. The van der Waals surface area contributed by atoms with Gasteiger partial charge in [0, 0.05) is 18.0 Å². The van der Waals surface area contributed by atoms with E-state index >= 15 is 0 Å². The third-order valence-electron chi connectivity index (χ3n) is 3.24. The van der Waals surface area contributed by atoms with E-state index in [0.717, 1.165) is 6.07 Å². The number of aliphatic hydroxyl groups excluding tert-OH is 1. The number of rotatable bonds is 6. The zero-order valence-electron chi connectivity index (χ0n) is 12.1. The number of carbonyl (C=O) groups excluding carboxylic acids is 1. The lowest BCUT2D eigenvalue weighted by molar-refractivity contribution is -0.121. The van der Waals surface area contributed by atoms with Gasteiger partial charge in [0.1, 0.15) is 11.9 Å². The number of aliphatic hydroxyl groups is 1. The van der Waals surface area contributed by atoms with Crippen molar-refractivity contribution < 1.29 is 23.1 Å². The van der Waals surface area contributed by atoms with E-state index in [9.17, 15) is 18.7 Å². The molecule has 2 aromatic rings. The Hall–Kier alpha value is -2.21. The van der Waals surface area contributed by atoms with E-state index < -0.39 is 23.6 Å². The van der Waals surface area contributed by atoms with Crippen LogP contribution in [0, 0.1) is 11.6 Å². The Morgan fingerprint density at radius 3 is 2.77 bits per heavy atom. The van der Waals surface area contributed by atoms with Crippen molar-refractivity contribution in [3.05, 3.63) is 59.6 Å². The van der Waals surface area contributed by atoms with Crippen LogP contribution in [0.15, 0.2) is 41.0 Å². The maximum atomic E-state index is 13.5. The Morgan fingerprint density at radius 1 is 1.32 bits per heavy atom. The van der Waals surface area contributed by atoms with Crippen LogP contribution in [0.5, 0.6) is 0 Å². The van der Waals surface area contributed by atoms with Crippen LogP contribution in [-0.2, 0) is 11.2 Å². The SMILES string of the molecule is CC(CC(O)c1ccco1)NC(=O)Cc1cccc(F)c1F. The highest BCUT2D eigenvalue weighted by Crippen LogP contribution is 2.18. The summed E-state index contributed by atoms with van der Waals surface area (Å²) in [7, 11) is 0. The molecule has 0 aliphatic heterocycles. The van der Waals surface area contributed by atoms with Crippen LogP contribution in [-0.4, -0.2) is 17.1 Å². The lowest BCUT2D eigenvalue weighted by Gasteiger charge is -2.17. The van der Waals surface area contributed by atoms with Gasteiger partial charge in [-0.1, -0.05) is 12.1 Å². The topological polar surface area (TPSA) is 62.5 Å². The van der Waals surface area contributed by atoms with Gasteiger partial charge >= 0.3 is 0 Å². The zero-order valence-corrected chi connectivity index (χ0v) is 12.1. The fourth-order valence-corrected chi connectivity index (χ4v) is 2.17. The van der Waals surface area contributed by atoms with Gasteiger partial charge in [-0.2, -0.15) is 0 Å². The summed E-state index contributed by atoms with van der Waals surface area (Å²) < 4.78 is 31.6. The van der Waals surface area contributed by atoms with E-state index in [2.05, 4.69) is 5.32 Å². The van der Waals surface area contributed by atoms with Gasteiger partial charge in [0.15, 0.2) is 11.6 Å². The Labute approximate surface area is 126 Å². The van der Waals surface area contributed by atoms with Gasteiger partial charge in [0.2, 0.25) is 5.91 Å². The first-order valence-electron chi connectivity index (χ1n) is 6.91. The molecule has 2 unspecified atom stereocenters. The molecule has 0 saturated carbocycles. The maximum absolute atomic E-state index is 13.5. The number of amides is 1. The average Bonchev–Trinajstić information content (AvgIpc) is 2.97.